The summed E-state index contributed by atoms with van der Waals surface area (Å²) in [5.74, 6) is 0.756. The van der Waals surface area contributed by atoms with Gasteiger partial charge in [-0.3, -0.25) is 4.79 Å². The lowest BCUT2D eigenvalue weighted by molar-refractivity contribution is 0.0921. The van der Waals surface area contributed by atoms with Gasteiger partial charge in [-0.25, -0.2) is 0 Å². The molecule has 1 aliphatic carbocycles. The second kappa shape index (κ2) is 6.83. The maximum atomic E-state index is 12.6. The molecular weight excluding hydrogens is 322 g/mol. The Morgan fingerprint density at radius 2 is 1.65 bits per heavy atom. The monoisotopic (exact) mass is 345 g/mol. The second-order valence-corrected chi connectivity index (χ2v) is 6.99. The zero-order chi connectivity index (χ0) is 18.1. The number of nitrogens with zero attached hydrogens (tertiary/aromatic N) is 1. The highest BCUT2D eigenvalue weighted by atomic mass is 16.5. The van der Waals surface area contributed by atoms with Crippen molar-refractivity contribution in [2.45, 2.75) is 32.7 Å². The van der Waals surface area contributed by atoms with Crippen molar-refractivity contribution in [2.75, 3.05) is 6.61 Å². The van der Waals surface area contributed by atoms with E-state index < -0.39 is 0 Å². The Bertz CT molecular complexity index is 919. The Hall–Kier alpha value is -2.81. The van der Waals surface area contributed by atoms with Crippen molar-refractivity contribution in [1.82, 2.24) is 4.57 Å². The molecule has 0 radical (unpaired) electrons. The molecule has 0 unspecified atom stereocenters. The predicted molar refractivity (Wildman–Crippen MR) is 104 cm³/mol. The van der Waals surface area contributed by atoms with Gasteiger partial charge in [0.05, 0.1) is 0 Å². The highest BCUT2D eigenvalue weighted by Gasteiger charge is 2.28. The molecule has 0 saturated heterocycles. The summed E-state index contributed by atoms with van der Waals surface area (Å²) < 4.78 is 8.03. The third-order valence-corrected chi connectivity index (χ3v) is 5.03. The lowest BCUT2D eigenvalue weighted by Crippen LogP contribution is -2.12. The lowest BCUT2D eigenvalue weighted by atomic mass is 10.1. The van der Waals surface area contributed by atoms with Gasteiger partial charge in [-0.2, -0.15) is 0 Å². The number of hydrogen-bond acceptors (Lipinski definition) is 2. The quantitative estimate of drug-likeness (QED) is 0.563. The van der Waals surface area contributed by atoms with Crippen LogP contribution in [-0.2, 0) is 0 Å². The van der Waals surface area contributed by atoms with E-state index in [9.17, 15) is 4.79 Å². The van der Waals surface area contributed by atoms with Crippen LogP contribution in [0.2, 0.25) is 0 Å². The van der Waals surface area contributed by atoms with Crippen molar-refractivity contribution < 1.29 is 9.53 Å². The summed E-state index contributed by atoms with van der Waals surface area (Å²) in [6.45, 7) is 4.18. The summed E-state index contributed by atoms with van der Waals surface area (Å²) in [6, 6.07) is 20.7. The molecule has 132 valence electrons. The Balaban J connectivity index is 1.43. The van der Waals surface area contributed by atoms with Crippen LogP contribution in [0.15, 0.2) is 60.7 Å². The zero-order valence-electron chi connectivity index (χ0n) is 15.2. The summed E-state index contributed by atoms with van der Waals surface area (Å²) in [4.78, 5) is 12.6. The second-order valence-electron chi connectivity index (χ2n) is 6.99. The van der Waals surface area contributed by atoms with Gasteiger partial charge >= 0.3 is 0 Å². The number of aromatic nitrogens is 1. The summed E-state index contributed by atoms with van der Waals surface area (Å²) in [5, 5.41) is 0. The topological polar surface area (TPSA) is 31.2 Å². The summed E-state index contributed by atoms with van der Waals surface area (Å²) in [6.07, 6.45) is 2.43. The van der Waals surface area contributed by atoms with E-state index in [0.717, 1.165) is 16.8 Å². The molecule has 2 aromatic carbocycles. The van der Waals surface area contributed by atoms with Crippen molar-refractivity contribution in [2.24, 2.45) is 0 Å². The molecule has 1 heterocycles. The van der Waals surface area contributed by atoms with Crippen LogP contribution in [0.25, 0.3) is 11.1 Å². The van der Waals surface area contributed by atoms with Crippen molar-refractivity contribution in [3.8, 4) is 16.9 Å². The minimum absolute atomic E-state index is 0.0390. The SMILES string of the molecule is Cc1cc(C(=O)COc2ccc(-c3ccccc3)cc2)c(C)n1C1CC1. The largest absolute Gasteiger partial charge is 0.485 e. The molecule has 1 fully saturated rings. The number of ketones is 1. The standard InChI is InChI=1S/C23H23NO2/c1-16-14-22(17(2)24(16)20-10-11-20)23(25)15-26-21-12-8-19(9-13-21)18-6-4-3-5-7-18/h3-9,12-14,20H,10-11,15H2,1-2H3. The Kier molecular flexibility index (Phi) is 4.37. The average Bonchev–Trinajstić information content (AvgIpc) is 3.45. The van der Waals surface area contributed by atoms with Crippen LogP contribution in [0.5, 0.6) is 5.75 Å². The first kappa shape index (κ1) is 16.6. The van der Waals surface area contributed by atoms with Crippen molar-refractivity contribution >= 4 is 5.78 Å². The van der Waals surface area contributed by atoms with Gasteiger partial charge in [0.25, 0.3) is 0 Å². The number of carbonyl (C=O) groups is 1. The number of carbonyl (C=O) groups excluding carboxylic acids is 1. The lowest BCUT2D eigenvalue weighted by Gasteiger charge is -2.09. The van der Waals surface area contributed by atoms with Crippen LogP contribution >= 0.6 is 0 Å². The van der Waals surface area contributed by atoms with Crippen LogP contribution in [0.3, 0.4) is 0 Å². The number of ether oxygens (including phenoxy) is 1. The molecule has 26 heavy (non-hydrogen) atoms. The molecule has 1 aliphatic rings. The summed E-state index contributed by atoms with van der Waals surface area (Å²) >= 11 is 0. The Morgan fingerprint density at radius 3 is 2.31 bits per heavy atom. The molecule has 0 spiro atoms. The van der Waals surface area contributed by atoms with Crippen molar-refractivity contribution in [1.29, 1.82) is 0 Å². The van der Waals surface area contributed by atoms with Gasteiger partial charge in [0.1, 0.15) is 5.75 Å². The molecule has 0 atom stereocenters. The highest BCUT2D eigenvalue weighted by molar-refractivity contribution is 5.98. The molecule has 0 bridgehead atoms. The number of rotatable bonds is 6. The molecule has 0 aliphatic heterocycles. The normalized spacial score (nSPS) is 13.6. The van der Waals surface area contributed by atoms with Crippen LogP contribution in [0.4, 0.5) is 0 Å². The number of Topliss-reactive ketones (excluding diaryl/α,β-unsaturated/α-hetero) is 1. The molecule has 3 aromatic rings. The van der Waals surface area contributed by atoms with Crippen molar-refractivity contribution in [3.05, 3.63) is 77.6 Å². The fourth-order valence-corrected chi connectivity index (χ4v) is 3.55. The maximum Gasteiger partial charge on any atom is 0.202 e. The number of hydrogen-bond donors (Lipinski definition) is 0. The van der Waals surface area contributed by atoms with Gasteiger partial charge in [-0.15, -0.1) is 0 Å². The fourth-order valence-electron chi connectivity index (χ4n) is 3.55. The van der Waals surface area contributed by atoms with E-state index in [-0.39, 0.29) is 12.4 Å². The minimum atomic E-state index is 0.0390. The Labute approximate surface area is 154 Å². The minimum Gasteiger partial charge on any atom is -0.485 e. The zero-order valence-corrected chi connectivity index (χ0v) is 15.2. The van der Waals surface area contributed by atoms with E-state index in [2.05, 4.69) is 23.6 Å². The van der Waals surface area contributed by atoms with E-state index in [1.807, 2.05) is 55.5 Å². The fraction of sp³-hybridized carbons (Fsp3) is 0.261. The van der Waals surface area contributed by atoms with E-state index in [1.165, 1.54) is 24.1 Å². The van der Waals surface area contributed by atoms with Gasteiger partial charge < -0.3 is 9.30 Å². The highest BCUT2D eigenvalue weighted by Crippen LogP contribution is 2.38. The summed E-state index contributed by atoms with van der Waals surface area (Å²) in [7, 11) is 0. The van der Waals surface area contributed by atoms with Gasteiger partial charge in [0.15, 0.2) is 6.61 Å². The van der Waals surface area contributed by atoms with E-state index in [1.54, 1.807) is 0 Å². The molecule has 4 rings (SSSR count). The first-order valence-corrected chi connectivity index (χ1v) is 9.13. The van der Waals surface area contributed by atoms with Gasteiger partial charge in [-0.05, 0) is 56.0 Å². The van der Waals surface area contributed by atoms with Crippen LogP contribution in [-0.4, -0.2) is 17.0 Å². The van der Waals surface area contributed by atoms with Crippen molar-refractivity contribution in [3.63, 3.8) is 0 Å². The molecule has 0 amide bonds. The smallest absolute Gasteiger partial charge is 0.202 e. The molecule has 3 heteroatoms. The first-order chi connectivity index (χ1) is 12.6. The third-order valence-electron chi connectivity index (χ3n) is 5.03. The molecule has 1 saturated carbocycles. The van der Waals surface area contributed by atoms with Gasteiger partial charge in [0, 0.05) is 23.0 Å². The average molecular weight is 345 g/mol. The van der Waals surface area contributed by atoms with E-state index in [0.29, 0.717) is 11.8 Å². The van der Waals surface area contributed by atoms with Crippen LogP contribution in [0, 0.1) is 13.8 Å². The number of benzene rings is 2. The van der Waals surface area contributed by atoms with Gasteiger partial charge in [0.2, 0.25) is 5.78 Å². The summed E-state index contributed by atoms with van der Waals surface area (Å²) in [5.41, 5.74) is 5.33. The molecular formula is C23H23NO2. The predicted octanol–water partition coefficient (Wildman–Crippen LogP) is 5.37. The Morgan fingerprint density at radius 1 is 1.00 bits per heavy atom. The van der Waals surface area contributed by atoms with Gasteiger partial charge in [-0.1, -0.05) is 42.5 Å². The first-order valence-electron chi connectivity index (χ1n) is 9.13. The van der Waals surface area contributed by atoms with Crippen LogP contribution in [0.1, 0.15) is 40.6 Å². The molecule has 1 aromatic heterocycles. The van der Waals surface area contributed by atoms with E-state index in [4.69, 9.17) is 4.74 Å². The molecule has 0 N–H and O–H groups in total. The van der Waals surface area contributed by atoms with Crippen LogP contribution < -0.4 is 4.74 Å². The molecule has 3 nitrogen and oxygen atoms in total. The van der Waals surface area contributed by atoms with E-state index >= 15 is 0 Å². The third kappa shape index (κ3) is 3.30. The maximum absolute atomic E-state index is 12.6. The number of aryl methyl sites for hydroxylation is 1.